The van der Waals surface area contributed by atoms with Gasteiger partial charge >= 0.3 is 0 Å². The molecule has 0 amide bonds. The summed E-state index contributed by atoms with van der Waals surface area (Å²) in [5.74, 6) is 0. The summed E-state index contributed by atoms with van der Waals surface area (Å²) in [7, 11) is -1.49. The molecule has 1 rings (SSSR count). The van der Waals surface area contributed by atoms with Gasteiger partial charge in [0.25, 0.3) is 0 Å². The summed E-state index contributed by atoms with van der Waals surface area (Å²) in [6.07, 6.45) is 2.32. The minimum Gasteiger partial charge on any atom is -0.134 e. The molecule has 1 aromatic rings. The number of hydrogen-bond acceptors (Lipinski definition) is 0. The molecule has 80 valence electrons. The van der Waals surface area contributed by atoms with Gasteiger partial charge in [-0.15, -0.1) is 5.73 Å². The molecule has 0 atom stereocenters. The highest BCUT2D eigenvalue weighted by molar-refractivity contribution is 6.95. The van der Waals surface area contributed by atoms with Crippen LogP contribution in [0.5, 0.6) is 0 Å². The van der Waals surface area contributed by atoms with Gasteiger partial charge in [-0.25, -0.2) is 0 Å². The predicted molar refractivity (Wildman–Crippen MR) is 71.1 cm³/mol. The third-order valence-corrected chi connectivity index (χ3v) is 6.68. The second-order valence-corrected chi connectivity index (χ2v) is 8.83. The molecule has 0 fully saturated rings. The summed E-state index contributed by atoms with van der Waals surface area (Å²) < 4.78 is 0. The monoisotopic (exact) mass is 216 g/mol. The summed E-state index contributed by atoms with van der Waals surface area (Å²) in [4.78, 5) is 0. The third kappa shape index (κ3) is 2.71. The minimum absolute atomic E-state index is 1.14. The van der Waals surface area contributed by atoms with Crippen LogP contribution in [0.2, 0.25) is 13.1 Å². The lowest BCUT2D eigenvalue weighted by Crippen LogP contribution is -2.43. The maximum Gasteiger partial charge on any atom is 0.116 e. The standard InChI is InChI=1S/C14H20Si/c1-5-10-13(6-2)15(3,4)14-11-8-7-9-12-14/h7-9,11-12H,2,5,10H2,1,3-4H3. The second-order valence-electron chi connectivity index (χ2n) is 4.40. The van der Waals surface area contributed by atoms with Gasteiger partial charge in [-0.3, -0.25) is 0 Å². The molecule has 1 heteroatoms. The molecular formula is C14H20Si. The van der Waals surface area contributed by atoms with E-state index in [4.69, 9.17) is 0 Å². The minimum atomic E-state index is -1.49. The van der Waals surface area contributed by atoms with Crippen molar-refractivity contribution in [3.05, 3.63) is 47.8 Å². The Balaban J connectivity index is 3.06. The van der Waals surface area contributed by atoms with Crippen molar-refractivity contribution >= 4 is 13.3 Å². The predicted octanol–water partition coefficient (Wildman–Crippen LogP) is 3.65. The summed E-state index contributed by atoms with van der Waals surface area (Å²) in [6, 6.07) is 10.8. The van der Waals surface area contributed by atoms with Crippen molar-refractivity contribution in [2.24, 2.45) is 0 Å². The molecule has 0 aromatic heterocycles. The molecule has 0 saturated heterocycles. The van der Waals surface area contributed by atoms with Crippen molar-refractivity contribution in [1.82, 2.24) is 0 Å². The van der Waals surface area contributed by atoms with Gasteiger partial charge in [0.15, 0.2) is 0 Å². The van der Waals surface area contributed by atoms with Gasteiger partial charge < -0.3 is 0 Å². The molecule has 0 bridgehead atoms. The van der Waals surface area contributed by atoms with Crippen LogP contribution in [0.3, 0.4) is 0 Å². The van der Waals surface area contributed by atoms with Gasteiger partial charge in [-0.05, 0) is 11.6 Å². The third-order valence-electron chi connectivity index (χ3n) is 2.96. The summed E-state index contributed by atoms with van der Waals surface area (Å²) in [5, 5.41) is 2.92. The van der Waals surface area contributed by atoms with Crippen LogP contribution in [0.4, 0.5) is 0 Å². The molecule has 0 aliphatic carbocycles. The van der Waals surface area contributed by atoms with E-state index in [1.165, 1.54) is 16.8 Å². The van der Waals surface area contributed by atoms with Crippen molar-refractivity contribution in [3.63, 3.8) is 0 Å². The van der Waals surface area contributed by atoms with Crippen LogP contribution in [-0.2, 0) is 0 Å². The fraction of sp³-hybridized carbons (Fsp3) is 0.357. The van der Waals surface area contributed by atoms with Crippen LogP contribution in [0.15, 0.2) is 47.8 Å². The Hall–Kier alpha value is -1.04. The quantitative estimate of drug-likeness (QED) is 0.532. The molecule has 15 heavy (non-hydrogen) atoms. The summed E-state index contributed by atoms with van der Waals surface area (Å²) in [5.41, 5.74) is 3.17. The van der Waals surface area contributed by atoms with Crippen LogP contribution < -0.4 is 5.19 Å². The van der Waals surface area contributed by atoms with E-state index in [0.29, 0.717) is 0 Å². The van der Waals surface area contributed by atoms with Crippen molar-refractivity contribution in [3.8, 4) is 0 Å². The number of hydrogen-bond donors (Lipinski definition) is 0. The van der Waals surface area contributed by atoms with Crippen LogP contribution >= 0.6 is 0 Å². The molecular weight excluding hydrogens is 196 g/mol. The van der Waals surface area contributed by atoms with E-state index in [0.717, 1.165) is 6.42 Å². The Kier molecular flexibility index (Phi) is 4.13. The maximum atomic E-state index is 3.84. The number of rotatable bonds is 4. The number of allylic oxidation sites excluding steroid dienone is 1. The Morgan fingerprint density at radius 2 is 1.87 bits per heavy atom. The van der Waals surface area contributed by atoms with Crippen LogP contribution in [0.25, 0.3) is 0 Å². The fourth-order valence-corrected chi connectivity index (χ4v) is 4.59. The van der Waals surface area contributed by atoms with Crippen molar-refractivity contribution in [1.29, 1.82) is 0 Å². The molecule has 0 nitrogen and oxygen atoms in total. The van der Waals surface area contributed by atoms with Gasteiger partial charge in [0.1, 0.15) is 8.07 Å². The first-order valence-electron chi connectivity index (χ1n) is 5.57. The molecule has 0 saturated carbocycles. The first kappa shape index (κ1) is 12.0. The Bertz CT molecular complexity index is 356. The van der Waals surface area contributed by atoms with Crippen molar-refractivity contribution < 1.29 is 0 Å². The first-order valence-corrected chi connectivity index (χ1v) is 8.57. The molecule has 1 aromatic carbocycles. The lowest BCUT2D eigenvalue weighted by molar-refractivity contribution is 0.939. The summed E-state index contributed by atoms with van der Waals surface area (Å²) >= 11 is 0. The number of benzene rings is 1. The fourth-order valence-electron chi connectivity index (χ4n) is 1.90. The second kappa shape index (κ2) is 5.15. The van der Waals surface area contributed by atoms with Gasteiger partial charge in [0, 0.05) is 0 Å². The Morgan fingerprint density at radius 3 is 2.33 bits per heavy atom. The van der Waals surface area contributed by atoms with Gasteiger partial charge in [0.2, 0.25) is 0 Å². The van der Waals surface area contributed by atoms with Gasteiger partial charge in [-0.2, -0.15) is 0 Å². The normalized spacial score (nSPS) is 10.9. The topological polar surface area (TPSA) is 0 Å². The van der Waals surface area contributed by atoms with E-state index >= 15 is 0 Å². The van der Waals surface area contributed by atoms with E-state index in [1.807, 2.05) is 0 Å². The van der Waals surface area contributed by atoms with Crippen molar-refractivity contribution in [2.75, 3.05) is 0 Å². The Morgan fingerprint density at radius 1 is 1.27 bits per heavy atom. The molecule has 0 heterocycles. The molecule has 0 aliphatic rings. The average Bonchev–Trinajstić information content (AvgIpc) is 2.27. The largest absolute Gasteiger partial charge is 0.134 e. The maximum absolute atomic E-state index is 3.84. The molecule has 0 spiro atoms. The first-order chi connectivity index (χ1) is 7.12. The van der Waals surface area contributed by atoms with E-state index in [9.17, 15) is 0 Å². The van der Waals surface area contributed by atoms with Crippen LogP contribution in [-0.4, -0.2) is 8.07 Å². The van der Waals surface area contributed by atoms with E-state index in [2.05, 4.69) is 62.7 Å². The van der Waals surface area contributed by atoms with E-state index in [-0.39, 0.29) is 0 Å². The zero-order chi connectivity index (χ0) is 11.3. The summed E-state index contributed by atoms with van der Waals surface area (Å²) in [6.45, 7) is 10.8. The van der Waals surface area contributed by atoms with Crippen LogP contribution in [0, 0.1) is 0 Å². The van der Waals surface area contributed by atoms with E-state index < -0.39 is 8.07 Å². The molecule has 0 unspecified atom stereocenters. The molecule has 0 N–H and O–H groups in total. The van der Waals surface area contributed by atoms with Gasteiger partial charge in [-0.1, -0.05) is 68.5 Å². The highest BCUT2D eigenvalue weighted by atomic mass is 28.3. The molecule has 0 radical (unpaired) electrons. The zero-order valence-corrected chi connectivity index (χ0v) is 11.0. The average molecular weight is 216 g/mol. The smallest absolute Gasteiger partial charge is 0.116 e. The highest BCUT2D eigenvalue weighted by Crippen LogP contribution is 2.18. The van der Waals surface area contributed by atoms with E-state index in [1.54, 1.807) is 0 Å². The highest BCUT2D eigenvalue weighted by Gasteiger charge is 2.27. The molecule has 0 aliphatic heterocycles. The van der Waals surface area contributed by atoms with Crippen molar-refractivity contribution in [2.45, 2.75) is 32.9 Å². The van der Waals surface area contributed by atoms with Crippen LogP contribution in [0.1, 0.15) is 19.8 Å². The SMILES string of the molecule is C=C=C(CCC)[Si](C)(C)c1ccccc1. The zero-order valence-electron chi connectivity index (χ0n) is 10.0. The lowest BCUT2D eigenvalue weighted by atomic mass is 10.3. The lowest BCUT2D eigenvalue weighted by Gasteiger charge is -2.24. The Labute approximate surface area is 94.4 Å². The van der Waals surface area contributed by atoms with Gasteiger partial charge in [0.05, 0.1) is 0 Å².